The Morgan fingerprint density at radius 2 is 1.95 bits per heavy atom. The van der Waals surface area contributed by atoms with E-state index in [4.69, 9.17) is 0 Å². The molecule has 0 radical (unpaired) electrons. The fourth-order valence-corrected chi connectivity index (χ4v) is 2.93. The summed E-state index contributed by atoms with van der Waals surface area (Å²) in [4.78, 5) is 12.0. The third kappa shape index (κ3) is 3.84. The van der Waals surface area contributed by atoms with Crippen molar-refractivity contribution in [1.82, 2.24) is 0 Å². The van der Waals surface area contributed by atoms with Gasteiger partial charge in [0, 0.05) is 10.5 Å². The first-order valence-corrected chi connectivity index (χ1v) is 7.57. The van der Waals surface area contributed by atoms with Crippen LogP contribution in [-0.2, 0) is 11.2 Å². The van der Waals surface area contributed by atoms with Crippen LogP contribution in [0.2, 0.25) is 0 Å². The van der Waals surface area contributed by atoms with Crippen molar-refractivity contribution < 1.29 is 9.90 Å². The highest BCUT2D eigenvalue weighted by Crippen LogP contribution is 2.33. The Labute approximate surface area is 134 Å². The highest BCUT2D eigenvalue weighted by atomic mass is 79.9. The fourth-order valence-electron chi connectivity index (χ4n) is 1.84. The van der Waals surface area contributed by atoms with Crippen molar-refractivity contribution in [2.75, 3.05) is 5.32 Å². The number of carbonyl (C=O) groups excluding carboxylic acids is 1. The molecule has 0 spiro atoms. The average Bonchev–Trinajstić information content (AvgIpc) is 2.36. The number of aryl methyl sites for hydroxylation is 1. The quantitative estimate of drug-likeness (QED) is 0.804. The van der Waals surface area contributed by atoms with Crippen molar-refractivity contribution >= 4 is 43.5 Å². The monoisotopic (exact) mass is 397 g/mol. The lowest BCUT2D eigenvalue weighted by Gasteiger charge is -2.09. The van der Waals surface area contributed by atoms with E-state index in [-0.39, 0.29) is 11.7 Å². The number of hydrogen-bond donors (Lipinski definition) is 2. The number of nitrogens with one attached hydrogen (secondary N) is 1. The molecule has 0 fully saturated rings. The Bertz CT molecular complexity index is 656. The molecule has 3 nitrogen and oxygen atoms in total. The summed E-state index contributed by atoms with van der Waals surface area (Å²) in [6.07, 6.45) is 0.297. The summed E-state index contributed by atoms with van der Waals surface area (Å²) in [6, 6.07) is 11.0. The molecule has 0 aliphatic carbocycles. The van der Waals surface area contributed by atoms with Crippen molar-refractivity contribution in [1.29, 1.82) is 0 Å². The normalized spacial score (nSPS) is 10.3. The number of hydrogen-bond acceptors (Lipinski definition) is 2. The topological polar surface area (TPSA) is 49.3 Å². The Hall–Kier alpha value is -1.33. The van der Waals surface area contributed by atoms with Gasteiger partial charge in [-0.2, -0.15) is 0 Å². The number of benzene rings is 2. The Morgan fingerprint density at radius 3 is 2.65 bits per heavy atom. The molecule has 0 aliphatic rings. The van der Waals surface area contributed by atoms with Crippen LogP contribution in [0.4, 0.5) is 5.69 Å². The van der Waals surface area contributed by atoms with Crippen LogP contribution in [0.5, 0.6) is 5.75 Å². The smallest absolute Gasteiger partial charge is 0.228 e. The fraction of sp³-hybridized carbons (Fsp3) is 0.133. The van der Waals surface area contributed by atoms with Gasteiger partial charge in [-0.25, -0.2) is 0 Å². The molecule has 0 saturated carbocycles. The first-order chi connectivity index (χ1) is 9.45. The summed E-state index contributed by atoms with van der Waals surface area (Å²) in [5, 5.41) is 12.4. The Balaban J connectivity index is 2.10. The predicted octanol–water partition coefficient (Wildman–Crippen LogP) is 4.41. The minimum absolute atomic E-state index is 0.0825. The van der Waals surface area contributed by atoms with Gasteiger partial charge >= 0.3 is 0 Å². The van der Waals surface area contributed by atoms with Crippen LogP contribution in [0.25, 0.3) is 0 Å². The first-order valence-electron chi connectivity index (χ1n) is 5.99. The summed E-state index contributed by atoms with van der Waals surface area (Å²) < 4.78 is 1.28. The number of rotatable bonds is 3. The predicted molar refractivity (Wildman–Crippen MR) is 87.0 cm³/mol. The van der Waals surface area contributed by atoms with E-state index in [0.29, 0.717) is 21.1 Å². The molecule has 0 atom stereocenters. The number of phenols is 1. The van der Waals surface area contributed by atoms with E-state index >= 15 is 0 Å². The maximum absolute atomic E-state index is 12.0. The van der Waals surface area contributed by atoms with Crippen LogP contribution in [0.1, 0.15) is 11.1 Å². The SMILES string of the molecule is Cc1cccc(CC(=O)Nc2cc(O)c(Br)cc2Br)c1. The number of halogens is 2. The molecule has 2 aromatic rings. The number of amides is 1. The van der Waals surface area contributed by atoms with Gasteiger partial charge in [-0.3, -0.25) is 4.79 Å². The van der Waals surface area contributed by atoms with Crippen LogP contribution in [-0.4, -0.2) is 11.0 Å². The van der Waals surface area contributed by atoms with Gasteiger partial charge in [0.1, 0.15) is 5.75 Å². The van der Waals surface area contributed by atoms with Crippen LogP contribution in [0.15, 0.2) is 45.3 Å². The number of anilines is 1. The lowest BCUT2D eigenvalue weighted by atomic mass is 10.1. The van der Waals surface area contributed by atoms with Crippen molar-refractivity contribution in [3.05, 3.63) is 56.5 Å². The zero-order chi connectivity index (χ0) is 14.7. The third-order valence-corrected chi connectivity index (χ3v) is 4.05. The molecular weight excluding hydrogens is 386 g/mol. The van der Waals surface area contributed by atoms with E-state index in [1.165, 1.54) is 6.07 Å². The highest BCUT2D eigenvalue weighted by molar-refractivity contribution is 9.11. The minimum atomic E-state index is -0.127. The molecule has 0 unspecified atom stereocenters. The molecular formula is C15H13Br2NO2. The van der Waals surface area contributed by atoms with E-state index in [0.717, 1.165) is 11.1 Å². The molecule has 0 aromatic heterocycles. The van der Waals surface area contributed by atoms with Gasteiger partial charge in [0.2, 0.25) is 5.91 Å². The summed E-state index contributed by atoms with van der Waals surface area (Å²) in [7, 11) is 0. The molecule has 0 heterocycles. The maximum Gasteiger partial charge on any atom is 0.228 e. The van der Waals surface area contributed by atoms with Crippen LogP contribution in [0.3, 0.4) is 0 Å². The molecule has 0 aliphatic heterocycles. The van der Waals surface area contributed by atoms with Crippen LogP contribution >= 0.6 is 31.9 Å². The molecule has 5 heteroatoms. The third-order valence-electron chi connectivity index (χ3n) is 2.76. The zero-order valence-electron chi connectivity index (χ0n) is 10.8. The maximum atomic E-state index is 12.0. The summed E-state index contributed by atoms with van der Waals surface area (Å²) in [6.45, 7) is 1.99. The first kappa shape index (κ1) is 15.1. The van der Waals surface area contributed by atoms with Gasteiger partial charge in [-0.1, -0.05) is 29.8 Å². The minimum Gasteiger partial charge on any atom is -0.507 e. The molecule has 0 bridgehead atoms. The number of phenolic OH excluding ortho intramolecular Hbond substituents is 1. The molecule has 2 aromatic carbocycles. The Morgan fingerprint density at radius 1 is 1.20 bits per heavy atom. The second-order valence-electron chi connectivity index (χ2n) is 4.50. The van der Waals surface area contributed by atoms with Gasteiger partial charge in [0.05, 0.1) is 16.6 Å². The molecule has 20 heavy (non-hydrogen) atoms. The summed E-state index contributed by atoms with van der Waals surface area (Å²) in [5.74, 6) is -0.0444. The number of aromatic hydroxyl groups is 1. The van der Waals surface area contributed by atoms with E-state index < -0.39 is 0 Å². The summed E-state index contributed by atoms with van der Waals surface area (Å²) in [5.41, 5.74) is 2.63. The zero-order valence-corrected chi connectivity index (χ0v) is 14.0. The highest BCUT2D eigenvalue weighted by Gasteiger charge is 2.10. The summed E-state index contributed by atoms with van der Waals surface area (Å²) >= 11 is 6.57. The average molecular weight is 399 g/mol. The molecule has 2 N–H and O–H groups in total. The van der Waals surface area contributed by atoms with Gasteiger partial charge < -0.3 is 10.4 Å². The lowest BCUT2D eigenvalue weighted by molar-refractivity contribution is -0.115. The second-order valence-corrected chi connectivity index (χ2v) is 6.21. The van der Waals surface area contributed by atoms with Crippen LogP contribution in [0, 0.1) is 6.92 Å². The second kappa shape index (κ2) is 6.41. The largest absolute Gasteiger partial charge is 0.507 e. The van der Waals surface area contributed by atoms with Crippen molar-refractivity contribution in [2.45, 2.75) is 13.3 Å². The van der Waals surface area contributed by atoms with Gasteiger partial charge in [0.25, 0.3) is 0 Å². The van der Waals surface area contributed by atoms with Crippen molar-refractivity contribution in [3.63, 3.8) is 0 Å². The molecule has 1 amide bonds. The Kier molecular flexibility index (Phi) is 4.83. The van der Waals surface area contributed by atoms with E-state index in [9.17, 15) is 9.90 Å². The van der Waals surface area contributed by atoms with Crippen molar-refractivity contribution in [2.24, 2.45) is 0 Å². The van der Waals surface area contributed by atoms with E-state index in [1.807, 2.05) is 31.2 Å². The number of carbonyl (C=O) groups is 1. The standard InChI is InChI=1S/C15H13Br2NO2/c1-9-3-2-4-10(5-9)6-15(20)18-13-8-14(19)12(17)7-11(13)16/h2-5,7-8,19H,6H2,1H3,(H,18,20). The van der Waals surface area contributed by atoms with E-state index in [2.05, 4.69) is 37.2 Å². The molecule has 2 rings (SSSR count). The van der Waals surface area contributed by atoms with Gasteiger partial charge in [0.15, 0.2) is 0 Å². The van der Waals surface area contributed by atoms with Gasteiger partial charge in [-0.05, 0) is 50.4 Å². The molecule has 0 saturated heterocycles. The van der Waals surface area contributed by atoms with Crippen LogP contribution < -0.4 is 5.32 Å². The van der Waals surface area contributed by atoms with Gasteiger partial charge in [-0.15, -0.1) is 0 Å². The lowest BCUT2D eigenvalue weighted by Crippen LogP contribution is -2.14. The molecule has 104 valence electrons. The van der Waals surface area contributed by atoms with Crippen molar-refractivity contribution in [3.8, 4) is 5.75 Å². The van der Waals surface area contributed by atoms with E-state index in [1.54, 1.807) is 6.07 Å².